The SMILES string of the molecule is CCCCCCCCCCCCC(F)(F)COc1c[nH]c(C(=O)O)c1F. The molecule has 26 heavy (non-hydrogen) atoms. The van der Waals surface area contributed by atoms with Crippen molar-refractivity contribution in [3.63, 3.8) is 0 Å². The Labute approximate surface area is 153 Å². The second-order valence-corrected chi connectivity index (χ2v) is 6.72. The number of carboxylic acids is 1. The van der Waals surface area contributed by atoms with E-state index in [1.165, 1.54) is 32.1 Å². The molecule has 0 aromatic carbocycles. The average molecular weight is 377 g/mol. The minimum absolute atomic E-state index is 0.318. The van der Waals surface area contributed by atoms with E-state index >= 15 is 0 Å². The Morgan fingerprint density at radius 1 is 1.08 bits per heavy atom. The number of unbranched alkanes of at least 4 members (excludes halogenated alkanes) is 9. The number of aromatic amines is 1. The molecular weight excluding hydrogens is 347 g/mol. The Kier molecular flexibility index (Phi) is 10.2. The van der Waals surface area contributed by atoms with Crippen molar-refractivity contribution in [1.82, 2.24) is 4.98 Å². The van der Waals surface area contributed by atoms with Crippen LogP contribution < -0.4 is 4.74 Å². The van der Waals surface area contributed by atoms with Crippen molar-refractivity contribution >= 4 is 5.97 Å². The predicted octanol–water partition coefficient (Wildman–Crippen LogP) is 6.18. The van der Waals surface area contributed by atoms with Gasteiger partial charge in [0.1, 0.15) is 0 Å². The van der Waals surface area contributed by atoms with Crippen molar-refractivity contribution in [2.75, 3.05) is 6.61 Å². The second kappa shape index (κ2) is 11.9. The predicted molar refractivity (Wildman–Crippen MR) is 94.6 cm³/mol. The molecule has 0 saturated carbocycles. The Hall–Kier alpha value is -1.66. The van der Waals surface area contributed by atoms with Crippen LogP contribution in [0.3, 0.4) is 0 Å². The Morgan fingerprint density at radius 2 is 1.62 bits per heavy atom. The molecule has 1 aromatic rings. The lowest BCUT2D eigenvalue weighted by Gasteiger charge is -2.16. The third kappa shape index (κ3) is 8.63. The monoisotopic (exact) mass is 377 g/mol. The van der Waals surface area contributed by atoms with Crippen LogP contribution in [0.4, 0.5) is 13.2 Å². The van der Waals surface area contributed by atoms with E-state index in [0.29, 0.717) is 6.42 Å². The van der Waals surface area contributed by atoms with Gasteiger partial charge in [-0.05, 0) is 6.42 Å². The molecule has 150 valence electrons. The van der Waals surface area contributed by atoms with Crippen LogP contribution in [0.2, 0.25) is 0 Å². The van der Waals surface area contributed by atoms with E-state index in [0.717, 1.165) is 31.9 Å². The van der Waals surface area contributed by atoms with Gasteiger partial charge in [0.05, 0.1) is 0 Å². The Morgan fingerprint density at radius 3 is 2.12 bits per heavy atom. The van der Waals surface area contributed by atoms with Gasteiger partial charge >= 0.3 is 5.97 Å². The fraction of sp³-hybridized carbons (Fsp3) is 0.737. The van der Waals surface area contributed by atoms with Gasteiger partial charge in [-0.25, -0.2) is 18.0 Å². The highest BCUT2D eigenvalue weighted by molar-refractivity contribution is 5.86. The number of rotatable bonds is 15. The summed E-state index contributed by atoms with van der Waals surface area (Å²) in [6, 6.07) is 0. The molecule has 1 rings (SSSR count). The summed E-state index contributed by atoms with van der Waals surface area (Å²) in [5.41, 5.74) is -0.696. The lowest BCUT2D eigenvalue weighted by atomic mass is 10.0. The van der Waals surface area contributed by atoms with E-state index in [4.69, 9.17) is 9.84 Å². The number of carboxylic acid groups (broad SMARTS) is 1. The van der Waals surface area contributed by atoms with Crippen molar-refractivity contribution in [2.45, 2.75) is 83.5 Å². The number of nitrogens with one attached hydrogen (secondary N) is 1. The van der Waals surface area contributed by atoms with Crippen molar-refractivity contribution in [3.8, 4) is 5.75 Å². The molecule has 1 heterocycles. The summed E-state index contributed by atoms with van der Waals surface area (Å²) < 4.78 is 45.9. The van der Waals surface area contributed by atoms with Crippen molar-refractivity contribution < 1.29 is 27.8 Å². The number of aromatic nitrogens is 1. The summed E-state index contributed by atoms with van der Waals surface area (Å²) in [6.45, 7) is 1.22. The first-order valence-corrected chi connectivity index (χ1v) is 9.48. The average Bonchev–Trinajstić information content (AvgIpc) is 2.96. The first-order valence-electron chi connectivity index (χ1n) is 9.48. The standard InChI is InChI=1S/C19H30F3NO3/c1-2-3-4-5-6-7-8-9-10-11-12-19(21,22)14-26-15-13-23-17(16(15)20)18(24)25/h13,23H,2-12,14H2,1H3,(H,24,25). The number of halogens is 3. The summed E-state index contributed by atoms with van der Waals surface area (Å²) in [6.07, 6.45) is 11.2. The normalized spacial score (nSPS) is 11.7. The highest BCUT2D eigenvalue weighted by Gasteiger charge is 2.30. The molecule has 2 N–H and O–H groups in total. The Bertz CT molecular complexity index is 532. The number of hydrogen-bond acceptors (Lipinski definition) is 2. The third-order valence-corrected chi connectivity index (χ3v) is 4.33. The van der Waals surface area contributed by atoms with E-state index in [1.54, 1.807) is 0 Å². The molecule has 0 aliphatic rings. The maximum Gasteiger partial charge on any atom is 0.355 e. The number of carbonyl (C=O) groups is 1. The van der Waals surface area contributed by atoms with Crippen LogP contribution >= 0.6 is 0 Å². The van der Waals surface area contributed by atoms with Crippen molar-refractivity contribution in [2.24, 2.45) is 0 Å². The minimum atomic E-state index is -3.06. The highest BCUT2D eigenvalue weighted by atomic mass is 19.3. The van der Waals surface area contributed by atoms with Crippen LogP contribution in [0.25, 0.3) is 0 Å². The fourth-order valence-electron chi connectivity index (χ4n) is 2.77. The molecular formula is C19H30F3NO3. The van der Waals surface area contributed by atoms with Gasteiger partial charge in [-0.15, -0.1) is 0 Å². The van der Waals surface area contributed by atoms with E-state index in [1.807, 2.05) is 0 Å². The van der Waals surface area contributed by atoms with Crippen LogP contribution in [-0.2, 0) is 0 Å². The zero-order chi connectivity index (χ0) is 19.4. The lowest BCUT2D eigenvalue weighted by Crippen LogP contribution is -2.25. The van der Waals surface area contributed by atoms with Gasteiger partial charge in [0.2, 0.25) is 0 Å². The number of alkyl halides is 2. The molecule has 0 aliphatic carbocycles. The molecule has 0 aliphatic heterocycles. The summed E-state index contributed by atoms with van der Waals surface area (Å²) >= 11 is 0. The summed E-state index contributed by atoms with van der Waals surface area (Å²) in [7, 11) is 0. The van der Waals surface area contributed by atoms with E-state index in [9.17, 15) is 18.0 Å². The molecule has 0 bridgehead atoms. The van der Waals surface area contributed by atoms with E-state index < -0.39 is 35.8 Å². The van der Waals surface area contributed by atoms with Gasteiger partial charge in [-0.1, -0.05) is 64.7 Å². The lowest BCUT2D eigenvalue weighted by molar-refractivity contribution is -0.0501. The van der Waals surface area contributed by atoms with Crippen LogP contribution in [0.1, 0.15) is 88.0 Å². The van der Waals surface area contributed by atoms with Crippen molar-refractivity contribution in [1.29, 1.82) is 0 Å². The van der Waals surface area contributed by atoms with Crippen LogP contribution in [-0.4, -0.2) is 28.6 Å². The number of H-pyrrole nitrogens is 1. The van der Waals surface area contributed by atoms with Gasteiger partial charge in [0.25, 0.3) is 5.92 Å². The molecule has 0 unspecified atom stereocenters. The third-order valence-electron chi connectivity index (χ3n) is 4.33. The van der Waals surface area contributed by atoms with Gasteiger partial charge in [0, 0.05) is 12.6 Å². The van der Waals surface area contributed by atoms with Crippen molar-refractivity contribution in [3.05, 3.63) is 17.7 Å². The minimum Gasteiger partial charge on any atom is -0.483 e. The highest BCUT2D eigenvalue weighted by Crippen LogP contribution is 2.26. The van der Waals surface area contributed by atoms with Gasteiger partial charge in [0.15, 0.2) is 23.9 Å². The van der Waals surface area contributed by atoms with Crippen LogP contribution in [0, 0.1) is 5.82 Å². The van der Waals surface area contributed by atoms with Gasteiger partial charge in [-0.3, -0.25) is 0 Å². The van der Waals surface area contributed by atoms with Crippen LogP contribution in [0.15, 0.2) is 6.20 Å². The van der Waals surface area contributed by atoms with E-state index in [2.05, 4.69) is 11.9 Å². The quantitative estimate of drug-likeness (QED) is 0.359. The molecule has 0 saturated heterocycles. The van der Waals surface area contributed by atoms with Gasteiger partial charge in [-0.2, -0.15) is 0 Å². The maximum atomic E-state index is 13.8. The van der Waals surface area contributed by atoms with Gasteiger partial charge < -0.3 is 14.8 Å². The largest absolute Gasteiger partial charge is 0.483 e. The molecule has 0 spiro atoms. The smallest absolute Gasteiger partial charge is 0.355 e. The molecule has 1 aromatic heterocycles. The fourth-order valence-corrected chi connectivity index (χ4v) is 2.77. The molecule has 4 nitrogen and oxygen atoms in total. The maximum absolute atomic E-state index is 13.8. The molecule has 0 atom stereocenters. The Balaban J connectivity index is 2.14. The number of ether oxygens (including phenoxy) is 1. The topological polar surface area (TPSA) is 62.3 Å². The molecule has 7 heteroatoms. The zero-order valence-electron chi connectivity index (χ0n) is 15.5. The molecule has 0 amide bonds. The number of aromatic carboxylic acids is 1. The summed E-state index contributed by atoms with van der Waals surface area (Å²) in [4.78, 5) is 12.8. The second-order valence-electron chi connectivity index (χ2n) is 6.72. The van der Waals surface area contributed by atoms with Crippen LogP contribution in [0.5, 0.6) is 5.75 Å². The summed E-state index contributed by atoms with van der Waals surface area (Å²) in [5.74, 6) is -6.22. The summed E-state index contributed by atoms with van der Waals surface area (Å²) in [5, 5.41) is 8.69. The molecule has 0 fully saturated rings. The number of hydrogen-bond donors (Lipinski definition) is 2. The van der Waals surface area contributed by atoms with E-state index in [-0.39, 0.29) is 6.42 Å². The first-order chi connectivity index (χ1) is 12.4. The first kappa shape index (κ1) is 22.4. The zero-order valence-corrected chi connectivity index (χ0v) is 15.5. The molecule has 0 radical (unpaired) electrons.